The van der Waals surface area contributed by atoms with Crippen molar-refractivity contribution in [1.29, 1.82) is 0 Å². The van der Waals surface area contributed by atoms with Crippen molar-refractivity contribution >= 4 is 34.9 Å². The van der Waals surface area contributed by atoms with E-state index in [1.807, 2.05) is 0 Å². The van der Waals surface area contributed by atoms with E-state index in [9.17, 15) is 4.79 Å². The maximum absolute atomic E-state index is 12.7. The number of benzene rings is 1. The number of rotatable bonds is 4. The van der Waals surface area contributed by atoms with Crippen LogP contribution in [0.3, 0.4) is 0 Å². The third kappa shape index (κ3) is 3.94. The van der Waals surface area contributed by atoms with Crippen LogP contribution in [0.2, 0.25) is 10.0 Å². The quantitative estimate of drug-likeness (QED) is 0.791. The van der Waals surface area contributed by atoms with Crippen LogP contribution in [0.5, 0.6) is 11.9 Å². The second kappa shape index (κ2) is 7.97. The molecule has 0 saturated carbocycles. The fraction of sp³-hybridized carbons (Fsp3) is 0.353. The summed E-state index contributed by atoms with van der Waals surface area (Å²) < 4.78 is 10.3. The van der Waals surface area contributed by atoms with Crippen LogP contribution >= 0.6 is 23.2 Å². The summed E-state index contributed by atoms with van der Waals surface area (Å²) in [6.45, 7) is 2.35. The fourth-order valence-corrected chi connectivity index (χ4v) is 3.21. The molecule has 2 heterocycles. The van der Waals surface area contributed by atoms with E-state index >= 15 is 0 Å². The first-order valence-electron chi connectivity index (χ1n) is 7.98. The maximum atomic E-state index is 12.7. The third-order valence-electron chi connectivity index (χ3n) is 4.11. The summed E-state index contributed by atoms with van der Waals surface area (Å²) in [5.74, 6) is 1.02. The van der Waals surface area contributed by atoms with Crippen LogP contribution in [0.1, 0.15) is 10.4 Å². The second-order valence-electron chi connectivity index (χ2n) is 5.66. The van der Waals surface area contributed by atoms with Crippen LogP contribution in [0.25, 0.3) is 0 Å². The Kier molecular flexibility index (Phi) is 5.68. The average Bonchev–Trinajstić information content (AvgIpc) is 2.67. The average molecular weight is 397 g/mol. The molecule has 1 aromatic carbocycles. The van der Waals surface area contributed by atoms with Gasteiger partial charge < -0.3 is 19.3 Å². The van der Waals surface area contributed by atoms with E-state index in [2.05, 4.69) is 14.9 Å². The lowest BCUT2D eigenvalue weighted by Crippen LogP contribution is -2.49. The Morgan fingerprint density at radius 1 is 1.04 bits per heavy atom. The first kappa shape index (κ1) is 18.5. The molecular weight excluding hydrogens is 379 g/mol. The molecule has 0 spiro atoms. The van der Waals surface area contributed by atoms with E-state index in [1.54, 1.807) is 29.2 Å². The third-order valence-corrected chi connectivity index (χ3v) is 4.66. The van der Waals surface area contributed by atoms with Crippen molar-refractivity contribution in [1.82, 2.24) is 14.9 Å². The van der Waals surface area contributed by atoms with Gasteiger partial charge >= 0.3 is 6.01 Å². The number of amides is 1. The first-order chi connectivity index (χ1) is 12.5. The van der Waals surface area contributed by atoms with Gasteiger partial charge in [-0.3, -0.25) is 4.79 Å². The molecule has 9 heteroatoms. The van der Waals surface area contributed by atoms with Gasteiger partial charge in [-0.2, -0.15) is 9.97 Å². The summed E-state index contributed by atoms with van der Waals surface area (Å²) in [7, 11) is 3.04. The summed E-state index contributed by atoms with van der Waals surface area (Å²) in [5.41, 5.74) is 0.454. The van der Waals surface area contributed by atoms with E-state index in [4.69, 9.17) is 32.7 Å². The van der Waals surface area contributed by atoms with Gasteiger partial charge in [0, 0.05) is 37.3 Å². The van der Waals surface area contributed by atoms with E-state index in [1.165, 1.54) is 14.2 Å². The molecule has 3 rings (SSSR count). The summed E-state index contributed by atoms with van der Waals surface area (Å²) in [4.78, 5) is 25.0. The van der Waals surface area contributed by atoms with Crippen LogP contribution < -0.4 is 14.4 Å². The van der Waals surface area contributed by atoms with Crippen molar-refractivity contribution in [2.45, 2.75) is 0 Å². The van der Waals surface area contributed by atoms with E-state index < -0.39 is 0 Å². The van der Waals surface area contributed by atoms with Crippen LogP contribution in [-0.2, 0) is 0 Å². The molecule has 0 bridgehead atoms. The minimum atomic E-state index is -0.107. The molecule has 1 aliphatic heterocycles. The van der Waals surface area contributed by atoms with E-state index in [0.717, 1.165) is 0 Å². The number of piperazine rings is 1. The highest BCUT2D eigenvalue weighted by Gasteiger charge is 2.25. The molecule has 7 nitrogen and oxygen atoms in total. The Morgan fingerprint density at radius 2 is 1.77 bits per heavy atom. The van der Waals surface area contributed by atoms with Crippen LogP contribution in [0.4, 0.5) is 5.82 Å². The van der Waals surface area contributed by atoms with Crippen LogP contribution in [0, 0.1) is 0 Å². The fourth-order valence-electron chi connectivity index (χ4n) is 2.72. The Morgan fingerprint density at radius 3 is 2.38 bits per heavy atom. The van der Waals surface area contributed by atoms with Crippen molar-refractivity contribution < 1.29 is 14.3 Å². The molecule has 2 aromatic rings. The zero-order chi connectivity index (χ0) is 18.7. The molecule has 1 amide bonds. The van der Waals surface area contributed by atoms with Crippen LogP contribution in [-0.4, -0.2) is 61.2 Å². The second-order valence-corrected chi connectivity index (χ2v) is 6.50. The van der Waals surface area contributed by atoms with Crippen molar-refractivity contribution in [3.63, 3.8) is 0 Å². The zero-order valence-electron chi connectivity index (χ0n) is 14.4. The number of halogens is 2. The number of hydrogen-bond acceptors (Lipinski definition) is 6. The lowest BCUT2D eigenvalue weighted by molar-refractivity contribution is 0.0746. The van der Waals surface area contributed by atoms with Gasteiger partial charge in [0.15, 0.2) is 0 Å². The van der Waals surface area contributed by atoms with Crippen molar-refractivity contribution in [3.05, 3.63) is 39.9 Å². The molecule has 0 radical (unpaired) electrons. The zero-order valence-corrected chi connectivity index (χ0v) is 15.9. The van der Waals surface area contributed by atoms with Gasteiger partial charge in [0.1, 0.15) is 5.82 Å². The van der Waals surface area contributed by atoms with Crippen molar-refractivity contribution in [2.24, 2.45) is 0 Å². The summed E-state index contributed by atoms with van der Waals surface area (Å²) in [5, 5.41) is 0.859. The van der Waals surface area contributed by atoms with Crippen molar-refractivity contribution in [3.8, 4) is 11.9 Å². The molecule has 1 aliphatic rings. The highest BCUT2D eigenvalue weighted by Crippen LogP contribution is 2.25. The molecule has 0 N–H and O–H groups in total. The summed E-state index contributed by atoms with van der Waals surface area (Å²) in [6, 6.07) is 6.88. The normalized spacial score (nSPS) is 14.3. The molecule has 0 unspecified atom stereocenters. The van der Waals surface area contributed by atoms with Gasteiger partial charge in [-0.1, -0.05) is 23.2 Å². The number of hydrogen-bond donors (Lipinski definition) is 0. The number of anilines is 1. The van der Waals surface area contributed by atoms with Crippen LogP contribution in [0.15, 0.2) is 24.3 Å². The minimum Gasteiger partial charge on any atom is -0.481 e. The molecular formula is C17H18Cl2N4O3. The Hall–Kier alpha value is -2.25. The Balaban J connectivity index is 1.70. The van der Waals surface area contributed by atoms with Gasteiger partial charge in [0.05, 0.1) is 24.8 Å². The highest BCUT2D eigenvalue weighted by atomic mass is 35.5. The maximum Gasteiger partial charge on any atom is 0.321 e. The Bertz CT molecular complexity index is 788. The Labute approximate surface area is 161 Å². The van der Waals surface area contributed by atoms with Gasteiger partial charge in [-0.25, -0.2) is 0 Å². The first-order valence-corrected chi connectivity index (χ1v) is 8.73. The lowest BCUT2D eigenvalue weighted by Gasteiger charge is -2.35. The lowest BCUT2D eigenvalue weighted by atomic mass is 10.2. The number of aromatic nitrogens is 2. The highest BCUT2D eigenvalue weighted by molar-refractivity contribution is 6.36. The van der Waals surface area contributed by atoms with Gasteiger partial charge in [0.2, 0.25) is 5.88 Å². The molecule has 1 fully saturated rings. The van der Waals surface area contributed by atoms with Gasteiger partial charge in [-0.05, 0) is 18.2 Å². The standard InChI is InChI=1S/C17H18Cl2N4O3/c1-25-15-10-14(20-17(21-15)26-2)22-5-7-23(8-6-22)16(24)12-4-3-11(18)9-13(12)19/h3-4,9-10H,5-8H2,1-2H3. The molecule has 0 atom stereocenters. The van der Waals surface area contributed by atoms with Crippen molar-refractivity contribution in [2.75, 3.05) is 45.3 Å². The number of methoxy groups -OCH3 is 2. The monoisotopic (exact) mass is 396 g/mol. The molecule has 138 valence electrons. The SMILES string of the molecule is COc1cc(N2CCN(C(=O)c3ccc(Cl)cc3Cl)CC2)nc(OC)n1. The number of carbonyl (C=O) groups is 1. The largest absolute Gasteiger partial charge is 0.481 e. The minimum absolute atomic E-state index is 0.107. The molecule has 1 aromatic heterocycles. The number of nitrogens with zero attached hydrogens (tertiary/aromatic N) is 4. The topological polar surface area (TPSA) is 67.8 Å². The molecule has 26 heavy (non-hydrogen) atoms. The number of ether oxygens (including phenoxy) is 2. The number of carbonyl (C=O) groups excluding carboxylic acids is 1. The van der Waals surface area contributed by atoms with Gasteiger partial charge in [0.25, 0.3) is 5.91 Å². The van der Waals surface area contributed by atoms with E-state index in [-0.39, 0.29) is 11.9 Å². The van der Waals surface area contributed by atoms with Gasteiger partial charge in [-0.15, -0.1) is 0 Å². The predicted octanol–water partition coefficient (Wildman–Crippen LogP) is 2.76. The summed E-state index contributed by atoms with van der Waals surface area (Å²) >= 11 is 12.0. The smallest absolute Gasteiger partial charge is 0.321 e. The van der Waals surface area contributed by atoms with E-state index in [0.29, 0.717) is 53.5 Å². The molecule has 1 saturated heterocycles. The molecule has 0 aliphatic carbocycles. The predicted molar refractivity (Wildman–Crippen MR) is 99.7 cm³/mol. The summed E-state index contributed by atoms with van der Waals surface area (Å²) in [6.07, 6.45) is 0.